The van der Waals surface area contributed by atoms with Crippen molar-refractivity contribution in [3.8, 4) is 0 Å². The molecule has 0 aliphatic heterocycles. The molecule has 0 aromatic heterocycles. The van der Waals surface area contributed by atoms with Gasteiger partial charge in [0.1, 0.15) is 0 Å². The van der Waals surface area contributed by atoms with Gasteiger partial charge in [-0.2, -0.15) is 0 Å². The van der Waals surface area contributed by atoms with E-state index in [4.69, 9.17) is 0 Å². The molecule has 100 valence electrons. The molecule has 1 aromatic rings. The van der Waals surface area contributed by atoms with Crippen molar-refractivity contribution in [3.63, 3.8) is 0 Å². The fourth-order valence-electron chi connectivity index (χ4n) is 1.88. The Hall–Kier alpha value is -1.35. The smallest absolute Gasteiger partial charge is 0.234 e. The number of carbonyl (C=O) groups excluding carboxylic acids is 1. The zero-order valence-electron chi connectivity index (χ0n) is 11.9. The molecule has 1 rings (SSSR count). The summed E-state index contributed by atoms with van der Waals surface area (Å²) in [5.74, 6) is 0.0976. The third-order valence-corrected chi connectivity index (χ3v) is 2.92. The van der Waals surface area contributed by atoms with Crippen molar-refractivity contribution < 1.29 is 4.79 Å². The average molecular weight is 248 g/mol. The second-order valence-electron chi connectivity index (χ2n) is 4.95. The van der Waals surface area contributed by atoms with Gasteiger partial charge in [0, 0.05) is 12.6 Å². The summed E-state index contributed by atoms with van der Waals surface area (Å²) in [4.78, 5) is 13.9. The molecule has 3 heteroatoms. The van der Waals surface area contributed by atoms with Crippen molar-refractivity contribution in [1.29, 1.82) is 0 Å². The van der Waals surface area contributed by atoms with Gasteiger partial charge >= 0.3 is 0 Å². The zero-order valence-corrected chi connectivity index (χ0v) is 11.9. The van der Waals surface area contributed by atoms with Gasteiger partial charge in [0.15, 0.2) is 0 Å². The molecule has 3 nitrogen and oxygen atoms in total. The summed E-state index contributed by atoms with van der Waals surface area (Å²) >= 11 is 0. The fourth-order valence-corrected chi connectivity index (χ4v) is 1.88. The highest BCUT2D eigenvalue weighted by Crippen LogP contribution is 2.10. The molecule has 1 aromatic carbocycles. The topological polar surface area (TPSA) is 32.3 Å². The van der Waals surface area contributed by atoms with Gasteiger partial charge in [0.2, 0.25) is 5.91 Å². The largest absolute Gasteiger partial charge is 0.353 e. The van der Waals surface area contributed by atoms with Crippen molar-refractivity contribution in [1.82, 2.24) is 10.2 Å². The van der Waals surface area contributed by atoms with Crippen molar-refractivity contribution >= 4 is 5.91 Å². The number of hydrogen-bond acceptors (Lipinski definition) is 2. The number of hydrogen-bond donors (Lipinski definition) is 1. The first kappa shape index (κ1) is 14.7. The second-order valence-corrected chi connectivity index (χ2v) is 4.95. The third-order valence-electron chi connectivity index (χ3n) is 2.92. The Labute approximate surface area is 110 Å². The molecule has 18 heavy (non-hydrogen) atoms. The van der Waals surface area contributed by atoms with Gasteiger partial charge in [-0.15, -0.1) is 0 Å². The van der Waals surface area contributed by atoms with Crippen LogP contribution in [0.2, 0.25) is 0 Å². The van der Waals surface area contributed by atoms with Gasteiger partial charge in [0.05, 0.1) is 6.54 Å². The lowest BCUT2D eigenvalue weighted by atomic mass is 10.1. The lowest BCUT2D eigenvalue weighted by molar-refractivity contribution is -0.122. The minimum atomic E-state index is 0.0976. The highest BCUT2D eigenvalue weighted by molar-refractivity contribution is 5.78. The molecule has 0 atom stereocenters. The fraction of sp³-hybridized carbons (Fsp3) is 0.533. The van der Waals surface area contributed by atoms with Gasteiger partial charge in [-0.05, 0) is 38.4 Å². The van der Waals surface area contributed by atoms with Gasteiger partial charge in [0.25, 0.3) is 0 Å². The minimum Gasteiger partial charge on any atom is -0.353 e. The predicted molar refractivity (Wildman–Crippen MR) is 75.4 cm³/mol. The van der Waals surface area contributed by atoms with Crippen LogP contribution in [-0.2, 0) is 11.3 Å². The van der Waals surface area contributed by atoms with E-state index in [-0.39, 0.29) is 11.9 Å². The molecule has 0 saturated carbocycles. The van der Waals surface area contributed by atoms with Gasteiger partial charge in [-0.25, -0.2) is 0 Å². The van der Waals surface area contributed by atoms with Crippen molar-refractivity contribution in [2.75, 3.05) is 13.1 Å². The normalized spacial score (nSPS) is 11.0. The number of aryl methyl sites for hydroxylation is 1. The van der Waals surface area contributed by atoms with Crippen molar-refractivity contribution in [2.45, 2.75) is 40.3 Å². The van der Waals surface area contributed by atoms with Crippen LogP contribution in [0.1, 0.15) is 31.9 Å². The maximum atomic E-state index is 11.7. The molecule has 0 aliphatic rings. The SMILES string of the molecule is CCN(CC(=O)NC(C)C)Cc1ccccc1C. The zero-order chi connectivity index (χ0) is 13.5. The quantitative estimate of drug-likeness (QED) is 0.838. The number of amides is 1. The van der Waals surface area contributed by atoms with Crippen LogP contribution in [0.3, 0.4) is 0 Å². The van der Waals surface area contributed by atoms with Gasteiger partial charge < -0.3 is 5.32 Å². The van der Waals surface area contributed by atoms with E-state index in [9.17, 15) is 4.79 Å². The lowest BCUT2D eigenvalue weighted by Gasteiger charge is -2.21. The van der Waals surface area contributed by atoms with E-state index in [1.165, 1.54) is 11.1 Å². The van der Waals surface area contributed by atoms with E-state index in [1.54, 1.807) is 0 Å². The molecule has 0 bridgehead atoms. The molecule has 0 fully saturated rings. The third kappa shape index (κ3) is 4.88. The molecule has 0 radical (unpaired) electrons. The Morgan fingerprint density at radius 3 is 2.56 bits per heavy atom. The molecule has 0 saturated heterocycles. The first-order valence-electron chi connectivity index (χ1n) is 6.59. The highest BCUT2D eigenvalue weighted by Gasteiger charge is 2.11. The summed E-state index contributed by atoms with van der Waals surface area (Å²) in [6, 6.07) is 8.52. The van der Waals surface area contributed by atoms with E-state index in [2.05, 4.69) is 36.2 Å². The van der Waals surface area contributed by atoms with Crippen LogP contribution in [0.4, 0.5) is 0 Å². The number of benzene rings is 1. The molecule has 1 N–H and O–H groups in total. The summed E-state index contributed by atoms with van der Waals surface area (Å²) in [6.45, 7) is 10.3. The first-order chi connectivity index (χ1) is 8.52. The van der Waals surface area contributed by atoms with Crippen LogP contribution in [0.5, 0.6) is 0 Å². The van der Waals surface area contributed by atoms with E-state index in [1.807, 2.05) is 26.0 Å². The average Bonchev–Trinajstić information content (AvgIpc) is 2.30. The Morgan fingerprint density at radius 2 is 2.00 bits per heavy atom. The summed E-state index contributed by atoms with van der Waals surface area (Å²) in [5, 5.41) is 2.93. The molecule has 1 amide bonds. The monoisotopic (exact) mass is 248 g/mol. The van der Waals surface area contributed by atoms with Gasteiger partial charge in [-0.1, -0.05) is 31.2 Å². The number of likely N-dealkylation sites (N-methyl/N-ethyl adjacent to an activating group) is 1. The Kier molecular flexibility index (Phi) is 5.86. The second kappa shape index (κ2) is 7.17. The molecule has 0 heterocycles. The predicted octanol–water partition coefficient (Wildman–Crippen LogP) is 2.34. The summed E-state index contributed by atoms with van der Waals surface area (Å²) in [6.07, 6.45) is 0. The number of nitrogens with zero attached hydrogens (tertiary/aromatic N) is 1. The van der Waals surface area contributed by atoms with Crippen LogP contribution >= 0.6 is 0 Å². The summed E-state index contributed by atoms with van der Waals surface area (Å²) in [5.41, 5.74) is 2.57. The van der Waals surface area contributed by atoms with Crippen LogP contribution in [0.15, 0.2) is 24.3 Å². The molecular weight excluding hydrogens is 224 g/mol. The minimum absolute atomic E-state index is 0.0976. The van der Waals surface area contributed by atoms with E-state index < -0.39 is 0 Å². The lowest BCUT2D eigenvalue weighted by Crippen LogP contribution is -2.39. The Morgan fingerprint density at radius 1 is 1.33 bits per heavy atom. The van der Waals surface area contributed by atoms with Gasteiger partial charge in [-0.3, -0.25) is 9.69 Å². The van der Waals surface area contributed by atoms with Crippen molar-refractivity contribution in [2.24, 2.45) is 0 Å². The molecular formula is C15H24N2O. The Balaban J connectivity index is 2.57. The molecule has 0 aliphatic carbocycles. The number of carbonyl (C=O) groups is 1. The molecule has 0 unspecified atom stereocenters. The van der Waals surface area contributed by atoms with Crippen LogP contribution in [0, 0.1) is 6.92 Å². The maximum absolute atomic E-state index is 11.7. The van der Waals surface area contributed by atoms with Crippen LogP contribution in [0.25, 0.3) is 0 Å². The summed E-state index contributed by atoms with van der Waals surface area (Å²) in [7, 11) is 0. The van der Waals surface area contributed by atoms with Crippen LogP contribution in [-0.4, -0.2) is 29.9 Å². The van der Waals surface area contributed by atoms with E-state index in [0.717, 1.165) is 13.1 Å². The number of rotatable bonds is 6. The maximum Gasteiger partial charge on any atom is 0.234 e. The standard InChI is InChI=1S/C15H24N2O/c1-5-17(11-15(18)16-12(2)3)10-14-9-7-6-8-13(14)4/h6-9,12H,5,10-11H2,1-4H3,(H,16,18). The van der Waals surface area contributed by atoms with E-state index in [0.29, 0.717) is 6.54 Å². The molecule has 0 spiro atoms. The summed E-state index contributed by atoms with van der Waals surface area (Å²) < 4.78 is 0. The highest BCUT2D eigenvalue weighted by atomic mass is 16.2. The number of nitrogens with one attached hydrogen (secondary N) is 1. The Bertz CT molecular complexity index is 388. The van der Waals surface area contributed by atoms with Crippen molar-refractivity contribution in [3.05, 3.63) is 35.4 Å². The first-order valence-corrected chi connectivity index (χ1v) is 6.59. The van der Waals surface area contributed by atoms with E-state index >= 15 is 0 Å². The van der Waals surface area contributed by atoms with Crippen LogP contribution < -0.4 is 5.32 Å².